The second-order valence-corrected chi connectivity index (χ2v) is 5.76. The molecule has 2 heterocycles. The van der Waals surface area contributed by atoms with Crippen molar-refractivity contribution in [2.45, 2.75) is 50.7 Å². The number of carbonyl (C=O) groups is 1. The molecule has 2 fully saturated rings. The molecule has 1 saturated heterocycles. The molecule has 0 aromatic carbocycles. The van der Waals surface area contributed by atoms with Crippen molar-refractivity contribution in [2.24, 2.45) is 0 Å². The summed E-state index contributed by atoms with van der Waals surface area (Å²) < 4.78 is 5.49. The van der Waals surface area contributed by atoms with E-state index in [-0.39, 0.29) is 12.0 Å². The number of hydrogen-bond acceptors (Lipinski definition) is 5. The second kappa shape index (κ2) is 6.85. The van der Waals surface area contributed by atoms with Crippen molar-refractivity contribution in [3.8, 4) is 0 Å². The predicted molar refractivity (Wildman–Crippen MR) is 79.2 cm³/mol. The lowest BCUT2D eigenvalue weighted by Crippen LogP contribution is -2.32. The normalized spacial score (nSPS) is 22.4. The minimum Gasteiger partial charge on any atom is -0.376 e. The Kier molecular flexibility index (Phi) is 4.65. The second-order valence-electron chi connectivity index (χ2n) is 5.76. The van der Waals surface area contributed by atoms with Gasteiger partial charge in [-0.15, -0.1) is 0 Å². The van der Waals surface area contributed by atoms with E-state index in [0.29, 0.717) is 18.3 Å². The molecule has 1 aliphatic heterocycles. The molecule has 114 valence electrons. The Morgan fingerprint density at radius 3 is 2.86 bits per heavy atom. The number of ether oxygens (including phenoxy) is 1. The maximum absolute atomic E-state index is 12.1. The van der Waals surface area contributed by atoms with Crippen LogP contribution in [0.4, 0.5) is 5.82 Å². The highest BCUT2D eigenvalue weighted by Crippen LogP contribution is 2.21. The molecule has 3 rings (SSSR count). The molecule has 0 spiro atoms. The third-order valence-electron chi connectivity index (χ3n) is 4.12. The topological polar surface area (TPSA) is 76.1 Å². The van der Waals surface area contributed by atoms with E-state index in [1.807, 2.05) is 0 Å². The van der Waals surface area contributed by atoms with Gasteiger partial charge in [-0.1, -0.05) is 12.8 Å². The Morgan fingerprint density at radius 2 is 2.10 bits per heavy atom. The fourth-order valence-corrected chi connectivity index (χ4v) is 2.94. The van der Waals surface area contributed by atoms with Crippen LogP contribution in [0.15, 0.2) is 12.4 Å². The third-order valence-corrected chi connectivity index (χ3v) is 4.12. The molecule has 6 heteroatoms. The van der Waals surface area contributed by atoms with Gasteiger partial charge in [-0.25, -0.2) is 9.97 Å². The van der Waals surface area contributed by atoms with Gasteiger partial charge in [0.2, 0.25) is 0 Å². The minimum absolute atomic E-state index is 0.145. The first kappa shape index (κ1) is 14.3. The minimum atomic E-state index is -0.164. The summed E-state index contributed by atoms with van der Waals surface area (Å²) in [6.07, 6.45) is 8.54. The van der Waals surface area contributed by atoms with Gasteiger partial charge in [-0.05, 0) is 25.7 Å². The summed E-state index contributed by atoms with van der Waals surface area (Å²) in [5.74, 6) is 0.571. The van der Waals surface area contributed by atoms with Crippen LogP contribution in [0.25, 0.3) is 0 Å². The van der Waals surface area contributed by atoms with Crippen molar-refractivity contribution >= 4 is 11.7 Å². The van der Waals surface area contributed by atoms with Crippen molar-refractivity contribution in [1.29, 1.82) is 0 Å². The summed E-state index contributed by atoms with van der Waals surface area (Å²) in [6.45, 7) is 1.34. The third kappa shape index (κ3) is 3.91. The summed E-state index contributed by atoms with van der Waals surface area (Å²) in [6, 6.07) is 2.20. The number of carbonyl (C=O) groups excluding carboxylic acids is 1. The molecule has 1 atom stereocenters. The molecular formula is C15H22N4O2. The van der Waals surface area contributed by atoms with Gasteiger partial charge in [-0.2, -0.15) is 0 Å². The highest BCUT2D eigenvalue weighted by Gasteiger charge is 2.18. The lowest BCUT2D eigenvalue weighted by Gasteiger charge is -2.13. The van der Waals surface area contributed by atoms with Gasteiger partial charge in [0, 0.05) is 25.3 Å². The monoisotopic (exact) mass is 290 g/mol. The van der Waals surface area contributed by atoms with Gasteiger partial charge < -0.3 is 15.4 Å². The highest BCUT2D eigenvalue weighted by molar-refractivity contribution is 5.92. The fourth-order valence-electron chi connectivity index (χ4n) is 2.94. The van der Waals surface area contributed by atoms with Crippen LogP contribution >= 0.6 is 0 Å². The Morgan fingerprint density at radius 1 is 1.24 bits per heavy atom. The summed E-state index contributed by atoms with van der Waals surface area (Å²) in [5.41, 5.74) is 0.406. The van der Waals surface area contributed by atoms with Crippen LogP contribution in [-0.4, -0.2) is 41.2 Å². The van der Waals surface area contributed by atoms with Crippen LogP contribution in [0.2, 0.25) is 0 Å². The molecular weight excluding hydrogens is 268 g/mol. The quantitative estimate of drug-likeness (QED) is 0.864. The van der Waals surface area contributed by atoms with Gasteiger partial charge in [-0.3, -0.25) is 4.79 Å². The molecule has 1 aliphatic carbocycles. The molecule has 21 heavy (non-hydrogen) atoms. The van der Waals surface area contributed by atoms with Gasteiger partial charge in [0.05, 0.1) is 6.10 Å². The molecule has 1 unspecified atom stereocenters. The van der Waals surface area contributed by atoms with E-state index >= 15 is 0 Å². The summed E-state index contributed by atoms with van der Waals surface area (Å²) >= 11 is 0. The molecule has 1 amide bonds. The van der Waals surface area contributed by atoms with Crippen LogP contribution < -0.4 is 10.6 Å². The van der Waals surface area contributed by atoms with E-state index in [2.05, 4.69) is 20.6 Å². The van der Waals surface area contributed by atoms with Crippen LogP contribution in [0.3, 0.4) is 0 Å². The van der Waals surface area contributed by atoms with Crippen LogP contribution in [0, 0.1) is 0 Å². The van der Waals surface area contributed by atoms with E-state index in [9.17, 15) is 4.79 Å². The predicted octanol–water partition coefficient (Wildman–Crippen LogP) is 1.74. The molecule has 1 aromatic rings. The Bertz CT molecular complexity index is 482. The number of aromatic nitrogens is 2. The average Bonchev–Trinajstić information content (AvgIpc) is 3.18. The van der Waals surface area contributed by atoms with Gasteiger partial charge in [0.1, 0.15) is 17.8 Å². The highest BCUT2D eigenvalue weighted by atomic mass is 16.5. The standard InChI is InChI=1S/C15H22N4O2/c20-15(16-9-12-6-3-7-21-12)13-8-14(18-10-17-13)19-11-4-1-2-5-11/h8,10-12H,1-7,9H2,(H,16,20)(H,17,18,19). The van der Waals surface area contributed by atoms with Crippen molar-refractivity contribution < 1.29 is 9.53 Å². The first-order valence-corrected chi connectivity index (χ1v) is 7.79. The number of nitrogens with one attached hydrogen (secondary N) is 2. The van der Waals surface area contributed by atoms with Crippen LogP contribution in [0.1, 0.15) is 49.0 Å². The number of hydrogen-bond donors (Lipinski definition) is 2. The van der Waals surface area contributed by atoms with Gasteiger partial charge in [0.15, 0.2) is 0 Å². The van der Waals surface area contributed by atoms with E-state index in [4.69, 9.17) is 4.74 Å². The van der Waals surface area contributed by atoms with Gasteiger partial charge in [0.25, 0.3) is 5.91 Å². The molecule has 6 nitrogen and oxygen atoms in total. The fraction of sp³-hybridized carbons (Fsp3) is 0.667. The van der Waals surface area contributed by atoms with Crippen LogP contribution in [0.5, 0.6) is 0 Å². The number of rotatable bonds is 5. The maximum atomic E-state index is 12.1. The molecule has 2 aliphatic rings. The van der Waals surface area contributed by atoms with Crippen molar-refractivity contribution in [1.82, 2.24) is 15.3 Å². The zero-order chi connectivity index (χ0) is 14.5. The van der Waals surface area contributed by atoms with Crippen molar-refractivity contribution in [3.63, 3.8) is 0 Å². The maximum Gasteiger partial charge on any atom is 0.270 e. The zero-order valence-corrected chi connectivity index (χ0v) is 12.2. The first-order chi connectivity index (χ1) is 10.3. The van der Waals surface area contributed by atoms with Gasteiger partial charge >= 0.3 is 0 Å². The van der Waals surface area contributed by atoms with Crippen molar-refractivity contribution in [3.05, 3.63) is 18.1 Å². The van der Waals surface area contributed by atoms with E-state index in [1.165, 1.54) is 32.0 Å². The van der Waals surface area contributed by atoms with E-state index < -0.39 is 0 Å². The summed E-state index contributed by atoms with van der Waals surface area (Å²) in [5, 5.41) is 6.26. The molecule has 2 N–H and O–H groups in total. The largest absolute Gasteiger partial charge is 0.376 e. The van der Waals surface area contributed by atoms with E-state index in [0.717, 1.165) is 25.3 Å². The Labute approximate surface area is 124 Å². The summed E-state index contributed by atoms with van der Waals surface area (Å²) in [7, 11) is 0. The lowest BCUT2D eigenvalue weighted by molar-refractivity contribution is 0.0853. The SMILES string of the molecule is O=C(NCC1CCCO1)c1cc(NC2CCCC2)ncn1. The lowest BCUT2D eigenvalue weighted by atomic mass is 10.2. The smallest absolute Gasteiger partial charge is 0.270 e. The summed E-state index contributed by atoms with van der Waals surface area (Å²) in [4.78, 5) is 20.4. The Balaban J connectivity index is 1.54. The molecule has 0 radical (unpaired) electrons. The number of amides is 1. The van der Waals surface area contributed by atoms with E-state index in [1.54, 1.807) is 6.07 Å². The Hall–Kier alpha value is -1.69. The van der Waals surface area contributed by atoms with Crippen molar-refractivity contribution in [2.75, 3.05) is 18.5 Å². The number of anilines is 1. The average molecular weight is 290 g/mol. The zero-order valence-electron chi connectivity index (χ0n) is 12.2. The molecule has 1 aromatic heterocycles. The van der Waals surface area contributed by atoms with Crippen LogP contribution in [-0.2, 0) is 4.74 Å². The number of nitrogens with zero attached hydrogens (tertiary/aromatic N) is 2. The molecule has 1 saturated carbocycles. The first-order valence-electron chi connectivity index (χ1n) is 7.79. The molecule has 0 bridgehead atoms.